The molecule has 0 unspecified atom stereocenters. The second kappa shape index (κ2) is 6.66. The maximum absolute atomic E-state index is 12.1. The fourth-order valence-corrected chi connectivity index (χ4v) is 3.17. The normalized spacial score (nSPS) is 16.5. The van der Waals surface area contributed by atoms with E-state index in [4.69, 9.17) is 0 Å². The molecule has 0 aromatic heterocycles. The van der Waals surface area contributed by atoms with Crippen molar-refractivity contribution in [2.45, 2.75) is 17.4 Å². The van der Waals surface area contributed by atoms with Gasteiger partial charge in [-0.1, -0.05) is 36.4 Å². The number of thioether (sulfide) groups is 1. The Labute approximate surface area is 133 Å². The minimum absolute atomic E-state index is 0.0663. The number of hydrogen-bond donors (Lipinski definition) is 2. The molecule has 0 saturated carbocycles. The predicted molar refractivity (Wildman–Crippen MR) is 87.7 cm³/mol. The van der Waals surface area contributed by atoms with Crippen molar-refractivity contribution >= 4 is 29.3 Å². The van der Waals surface area contributed by atoms with Crippen LogP contribution in [0.5, 0.6) is 0 Å². The van der Waals surface area contributed by atoms with Gasteiger partial charge in [0, 0.05) is 10.6 Å². The zero-order valence-corrected chi connectivity index (χ0v) is 12.7. The van der Waals surface area contributed by atoms with Crippen LogP contribution in [0.2, 0.25) is 0 Å². The number of carbonyl (C=O) groups excluding carboxylic acids is 2. The van der Waals surface area contributed by atoms with Crippen LogP contribution < -0.4 is 10.6 Å². The molecule has 4 nitrogen and oxygen atoms in total. The smallest absolute Gasteiger partial charge is 0.230 e. The Balaban J connectivity index is 1.63. The Morgan fingerprint density at radius 1 is 1.14 bits per heavy atom. The summed E-state index contributed by atoms with van der Waals surface area (Å²) in [4.78, 5) is 24.9. The van der Waals surface area contributed by atoms with E-state index < -0.39 is 0 Å². The van der Waals surface area contributed by atoms with E-state index in [9.17, 15) is 9.59 Å². The number of benzene rings is 2. The zero-order valence-electron chi connectivity index (χ0n) is 11.9. The van der Waals surface area contributed by atoms with Gasteiger partial charge in [0.25, 0.3) is 0 Å². The zero-order chi connectivity index (χ0) is 15.4. The van der Waals surface area contributed by atoms with Crippen LogP contribution in [0.15, 0.2) is 59.5 Å². The number of hydrogen-bond acceptors (Lipinski definition) is 3. The van der Waals surface area contributed by atoms with Crippen LogP contribution in [0, 0.1) is 0 Å². The van der Waals surface area contributed by atoms with E-state index in [1.807, 2.05) is 54.6 Å². The van der Waals surface area contributed by atoms with E-state index >= 15 is 0 Å². The fourth-order valence-electron chi connectivity index (χ4n) is 2.44. The molecule has 1 aliphatic rings. The Hall–Kier alpha value is -2.27. The van der Waals surface area contributed by atoms with Crippen molar-refractivity contribution in [3.63, 3.8) is 0 Å². The minimum Gasteiger partial charge on any atom is -0.348 e. The fraction of sp³-hybridized carbons (Fsp3) is 0.176. The first-order chi connectivity index (χ1) is 10.7. The number of carbonyl (C=O) groups is 2. The van der Waals surface area contributed by atoms with Crippen LogP contribution in [0.1, 0.15) is 18.0 Å². The predicted octanol–water partition coefficient (Wildman–Crippen LogP) is 2.98. The van der Waals surface area contributed by atoms with Gasteiger partial charge in [-0.05, 0) is 23.8 Å². The summed E-state index contributed by atoms with van der Waals surface area (Å²) in [5, 5.41) is 5.78. The van der Waals surface area contributed by atoms with Gasteiger partial charge in [0.2, 0.25) is 11.8 Å². The Kier molecular flexibility index (Phi) is 4.44. The molecule has 0 bridgehead atoms. The van der Waals surface area contributed by atoms with Crippen LogP contribution >= 0.6 is 11.8 Å². The first kappa shape index (κ1) is 14.7. The largest absolute Gasteiger partial charge is 0.348 e. The maximum atomic E-state index is 12.1. The molecule has 0 saturated heterocycles. The molecule has 2 aromatic carbocycles. The molecule has 3 rings (SSSR count). The second-order valence-corrected chi connectivity index (χ2v) is 6.11. The average Bonchev–Trinajstić information content (AvgIpc) is 2.54. The molecule has 2 amide bonds. The molecule has 1 atom stereocenters. The lowest BCUT2D eigenvalue weighted by atomic mass is 9.97. The molecule has 22 heavy (non-hydrogen) atoms. The summed E-state index contributed by atoms with van der Waals surface area (Å²) >= 11 is 1.49. The van der Waals surface area contributed by atoms with Crippen LogP contribution in [0.4, 0.5) is 5.69 Å². The van der Waals surface area contributed by atoms with Crippen LogP contribution in [0.25, 0.3) is 0 Å². The molecule has 112 valence electrons. The summed E-state index contributed by atoms with van der Waals surface area (Å²) in [6.45, 7) is 0. The third-order valence-corrected chi connectivity index (χ3v) is 4.46. The average molecular weight is 312 g/mol. The SMILES string of the molecule is O=C1C[C@@H](NC(=O)CSc2ccccc2)c2ccccc2N1. The highest BCUT2D eigenvalue weighted by molar-refractivity contribution is 8.00. The van der Waals surface area contributed by atoms with Gasteiger partial charge in [0.05, 0.1) is 18.2 Å². The van der Waals surface area contributed by atoms with Crippen molar-refractivity contribution in [3.8, 4) is 0 Å². The Morgan fingerprint density at radius 2 is 1.86 bits per heavy atom. The molecule has 0 fully saturated rings. The number of fused-ring (bicyclic) bond motifs is 1. The Bertz CT molecular complexity index is 688. The number of amides is 2. The molecule has 0 radical (unpaired) electrons. The van der Waals surface area contributed by atoms with Crippen LogP contribution in [-0.4, -0.2) is 17.6 Å². The summed E-state index contributed by atoms with van der Waals surface area (Å²) in [5.74, 6) is 0.202. The third kappa shape index (κ3) is 3.49. The molecular weight excluding hydrogens is 296 g/mol. The van der Waals surface area contributed by atoms with E-state index in [2.05, 4.69) is 10.6 Å². The van der Waals surface area contributed by atoms with Gasteiger partial charge in [-0.3, -0.25) is 9.59 Å². The van der Waals surface area contributed by atoms with Gasteiger partial charge in [-0.25, -0.2) is 0 Å². The first-order valence-electron chi connectivity index (χ1n) is 7.08. The van der Waals surface area contributed by atoms with Gasteiger partial charge >= 0.3 is 0 Å². The van der Waals surface area contributed by atoms with Gasteiger partial charge in [0.15, 0.2) is 0 Å². The van der Waals surface area contributed by atoms with Crippen molar-refractivity contribution in [2.24, 2.45) is 0 Å². The monoisotopic (exact) mass is 312 g/mol. The van der Waals surface area contributed by atoms with E-state index in [0.29, 0.717) is 5.75 Å². The van der Waals surface area contributed by atoms with Crippen molar-refractivity contribution in [2.75, 3.05) is 11.1 Å². The summed E-state index contributed by atoms with van der Waals surface area (Å²) < 4.78 is 0. The lowest BCUT2D eigenvalue weighted by molar-refractivity contribution is -0.120. The number of rotatable bonds is 4. The quantitative estimate of drug-likeness (QED) is 0.853. The highest BCUT2D eigenvalue weighted by Gasteiger charge is 2.25. The number of para-hydroxylation sites is 1. The van der Waals surface area contributed by atoms with Crippen molar-refractivity contribution in [1.82, 2.24) is 5.32 Å². The topological polar surface area (TPSA) is 58.2 Å². The van der Waals surface area contributed by atoms with Crippen molar-refractivity contribution < 1.29 is 9.59 Å². The number of anilines is 1. The molecule has 0 aliphatic carbocycles. The lowest BCUT2D eigenvalue weighted by Gasteiger charge is -2.26. The molecule has 5 heteroatoms. The molecule has 1 aliphatic heterocycles. The minimum atomic E-state index is -0.256. The molecular formula is C17H16N2O2S. The highest BCUT2D eigenvalue weighted by Crippen LogP contribution is 2.30. The second-order valence-electron chi connectivity index (χ2n) is 5.06. The summed E-state index contributed by atoms with van der Waals surface area (Å²) in [5.41, 5.74) is 1.74. The molecule has 0 spiro atoms. The van der Waals surface area contributed by atoms with Crippen LogP contribution in [0.3, 0.4) is 0 Å². The third-order valence-electron chi connectivity index (χ3n) is 3.45. The van der Waals surface area contributed by atoms with Gasteiger partial charge in [-0.15, -0.1) is 11.8 Å². The first-order valence-corrected chi connectivity index (χ1v) is 8.07. The number of nitrogens with one attached hydrogen (secondary N) is 2. The van der Waals surface area contributed by atoms with Crippen molar-refractivity contribution in [1.29, 1.82) is 0 Å². The summed E-state index contributed by atoms with van der Waals surface area (Å²) in [7, 11) is 0. The summed E-state index contributed by atoms with van der Waals surface area (Å²) in [6.07, 6.45) is 0.277. The van der Waals surface area contributed by atoms with Crippen molar-refractivity contribution in [3.05, 3.63) is 60.2 Å². The van der Waals surface area contributed by atoms with E-state index in [1.54, 1.807) is 0 Å². The highest BCUT2D eigenvalue weighted by atomic mass is 32.2. The standard InChI is InChI=1S/C17H16N2O2S/c20-16-10-15(13-8-4-5-9-14(13)18-16)19-17(21)11-22-12-6-2-1-3-7-12/h1-9,15H,10-11H2,(H,18,20)(H,19,21)/t15-/m1/s1. The van der Waals surface area contributed by atoms with E-state index in [1.165, 1.54) is 11.8 Å². The van der Waals surface area contributed by atoms with E-state index in [-0.39, 0.29) is 24.3 Å². The lowest BCUT2D eigenvalue weighted by Crippen LogP contribution is -2.35. The maximum Gasteiger partial charge on any atom is 0.230 e. The molecule has 2 N–H and O–H groups in total. The Morgan fingerprint density at radius 3 is 2.68 bits per heavy atom. The van der Waals surface area contributed by atoms with Crippen LogP contribution in [-0.2, 0) is 9.59 Å². The molecule has 2 aromatic rings. The van der Waals surface area contributed by atoms with Gasteiger partial charge in [0.1, 0.15) is 0 Å². The van der Waals surface area contributed by atoms with E-state index in [0.717, 1.165) is 16.1 Å². The van der Waals surface area contributed by atoms with Gasteiger partial charge in [-0.2, -0.15) is 0 Å². The molecule has 1 heterocycles. The summed E-state index contributed by atoms with van der Waals surface area (Å²) in [6, 6.07) is 17.1. The van der Waals surface area contributed by atoms with Gasteiger partial charge < -0.3 is 10.6 Å².